The number of ketones is 1. The third-order valence-electron chi connectivity index (χ3n) is 4.14. The van der Waals surface area contributed by atoms with Crippen LogP contribution in [0.4, 0.5) is 0 Å². The van der Waals surface area contributed by atoms with E-state index in [1.807, 2.05) is 60.8 Å². The minimum Gasteiger partial charge on any atom is -0.347 e. The van der Waals surface area contributed by atoms with Gasteiger partial charge < -0.3 is 5.32 Å². The van der Waals surface area contributed by atoms with Crippen LogP contribution in [0, 0.1) is 0 Å². The van der Waals surface area contributed by atoms with Crippen molar-refractivity contribution in [2.75, 3.05) is 0 Å². The Morgan fingerprint density at radius 2 is 1.62 bits per heavy atom. The molecule has 0 spiro atoms. The van der Waals surface area contributed by atoms with Crippen molar-refractivity contribution in [3.63, 3.8) is 0 Å². The Balaban J connectivity index is 1.61. The quantitative estimate of drug-likeness (QED) is 0.635. The van der Waals surface area contributed by atoms with Gasteiger partial charge in [0.15, 0.2) is 5.78 Å². The second kappa shape index (κ2) is 8.76. The molecule has 3 aromatic rings. The molecule has 132 valence electrons. The minimum absolute atomic E-state index is 0.0240. The Labute approximate surface area is 152 Å². The Bertz CT molecular complexity index is 830. The highest BCUT2D eigenvalue weighted by molar-refractivity contribution is 5.97. The summed E-state index contributed by atoms with van der Waals surface area (Å²) in [5.41, 5.74) is 1.64. The van der Waals surface area contributed by atoms with Crippen LogP contribution in [-0.2, 0) is 11.3 Å². The summed E-state index contributed by atoms with van der Waals surface area (Å²) in [5, 5.41) is 7.24. The summed E-state index contributed by atoms with van der Waals surface area (Å²) in [4.78, 5) is 24.6. The van der Waals surface area contributed by atoms with E-state index in [1.54, 1.807) is 23.0 Å². The summed E-state index contributed by atoms with van der Waals surface area (Å²) < 4.78 is 1.78. The average Bonchev–Trinajstić information content (AvgIpc) is 3.20. The zero-order valence-electron chi connectivity index (χ0n) is 14.4. The van der Waals surface area contributed by atoms with Crippen molar-refractivity contribution in [1.29, 1.82) is 0 Å². The molecule has 3 rings (SSSR count). The number of hydrogen-bond acceptors (Lipinski definition) is 3. The van der Waals surface area contributed by atoms with E-state index < -0.39 is 0 Å². The largest absolute Gasteiger partial charge is 0.347 e. The Hall–Kier alpha value is -3.21. The van der Waals surface area contributed by atoms with E-state index in [1.165, 1.54) is 0 Å². The van der Waals surface area contributed by atoms with Crippen LogP contribution in [0.15, 0.2) is 79.1 Å². The van der Waals surface area contributed by atoms with Crippen LogP contribution in [0.5, 0.6) is 0 Å². The van der Waals surface area contributed by atoms with Crippen LogP contribution in [0.3, 0.4) is 0 Å². The highest BCUT2D eigenvalue weighted by Crippen LogP contribution is 2.15. The number of hydrogen-bond donors (Lipinski definition) is 1. The molecular weight excluding hydrogens is 326 g/mol. The molecule has 0 radical (unpaired) electrons. The number of carbonyl (C=O) groups excluding carboxylic acids is 2. The number of nitrogens with one attached hydrogen (secondary N) is 1. The van der Waals surface area contributed by atoms with Crippen molar-refractivity contribution in [3.8, 4) is 0 Å². The highest BCUT2D eigenvalue weighted by Gasteiger charge is 2.16. The Morgan fingerprint density at radius 1 is 0.923 bits per heavy atom. The minimum atomic E-state index is -0.199. The molecule has 1 N–H and O–H groups in total. The van der Waals surface area contributed by atoms with Gasteiger partial charge >= 0.3 is 0 Å². The Kier molecular flexibility index (Phi) is 5.93. The molecule has 0 bridgehead atoms. The van der Waals surface area contributed by atoms with Crippen LogP contribution in [-0.4, -0.2) is 21.5 Å². The maximum Gasteiger partial charge on any atom is 0.220 e. The third-order valence-corrected chi connectivity index (χ3v) is 4.14. The predicted molar refractivity (Wildman–Crippen MR) is 99.6 cm³/mol. The number of amides is 1. The summed E-state index contributed by atoms with van der Waals surface area (Å²) in [7, 11) is 0. The number of benzene rings is 2. The van der Waals surface area contributed by atoms with Crippen LogP contribution >= 0.6 is 0 Å². The first kappa shape index (κ1) is 17.6. The molecule has 1 atom stereocenters. The van der Waals surface area contributed by atoms with Gasteiger partial charge in [-0.25, -0.2) is 0 Å². The molecule has 0 aliphatic rings. The van der Waals surface area contributed by atoms with E-state index in [9.17, 15) is 9.59 Å². The fraction of sp³-hybridized carbons (Fsp3) is 0.190. The molecule has 0 aliphatic carbocycles. The molecule has 2 aromatic carbocycles. The first-order chi connectivity index (χ1) is 12.7. The molecule has 0 aliphatic heterocycles. The van der Waals surface area contributed by atoms with E-state index >= 15 is 0 Å². The maximum absolute atomic E-state index is 12.4. The summed E-state index contributed by atoms with van der Waals surface area (Å²) in [6.45, 7) is 0.537. The van der Waals surface area contributed by atoms with Crippen molar-refractivity contribution in [1.82, 2.24) is 15.1 Å². The lowest BCUT2D eigenvalue weighted by atomic mass is 10.0. The lowest BCUT2D eigenvalue weighted by molar-refractivity contribution is -0.121. The van der Waals surface area contributed by atoms with Crippen LogP contribution in [0.25, 0.3) is 0 Å². The molecule has 5 nitrogen and oxygen atoms in total. The van der Waals surface area contributed by atoms with Gasteiger partial charge in [0.2, 0.25) is 5.91 Å². The molecule has 0 unspecified atom stereocenters. The van der Waals surface area contributed by atoms with Gasteiger partial charge in [-0.15, -0.1) is 0 Å². The highest BCUT2D eigenvalue weighted by atomic mass is 16.2. The van der Waals surface area contributed by atoms with Crippen LogP contribution < -0.4 is 5.32 Å². The van der Waals surface area contributed by atoms with Gasteiger partial charge in [0.25, 0.3) is 0 Å². The SMILES string of the molecule is O=C(CCC(=O)c1ccccc1)N[C@@H](Cn1cccn1)c1ccccc1. The molecule has 1 aromatic heterocycles. The lowest BCUT2D eigenvalue weighted by Crippen LogP contribution is -2.31. The van der Waals surface area contributed by atoms with Crippen LogP contribution in [0.1, 0.15) is 34.8 Å². The van der Waals surface area contributed by atoms with Crippen molar-refractivity contribution in [3.05, 3.63) is 90.3 Å². The predicted octanol–water partition coefficient (Wildman–Crippen LogP) is 3.40. The molecule has 0 saturated heterocycles. The number of rotatable bonds is 8. The molecule has 1 amide bonds. The van der Waals surface area contributed by atoms with E-state index in [0.717, 1.165) is 5.56 Å². The van der Waals surface area contributed by atoms with Gasteiger partial charge in [0.1, 0.15) is 0 Å². The van der Waals surface area contributed by atoms with E-state index in [-0.39, 0.29) is 30.6 Å². The number of aromatic nitrogens is 2. The summed E-state index contributed by atoms with van der Waals surface area (Å²) in [6.07, 6.45) is 3.93. The van der Waals surface area contributed by atoms with Crippen molar-refractivity contribution in [2.45, 2.75) is 25.4 Å². The summed E-state index contributed by atoms with van der Waals surface area (Å²) in [6, 6.07) is 20.5. The standard InChI is InChI=1S/C21H21N3O2/c25-20(18-10-5-2-6-11-18)12-13-21(26)23-19(16-24-15-7-14-22-24)17-8-3-1-4-9-17/h1-11,14-15,19H,12-13,16H2,(H,23,26)/t19-/m0/s1. The zero-order valence-corrected chi connectivity index (χ0v) is 14.4. The first-order valence-electron chi connectivity index (χ1n) is 8.62. The van der Waals surface area contributed by atoms with Gasteiger partial charge in [-0.3, -0.25) is 14.3 Å². The van der Waals surface area contributed by atoms with Gasteiger partial charge in [0, 0.05) is 30.8 Å². The third kappa shape index (κ3) is 4.89. The smallest absolute Gasteiger partial charge is 0.220 e. The van der Waals surface area contributed by atoms with Crippen molar-refractivity contribution < 1.29 is 9.59 Å². The van der Waals surface area contributed by atoms with Gasteiger partial charge in [-0.2, -0.15) is 5.10 Å². The molecule has 26 heavy (non-hydrogen) atoms. The topological polar surface area (TPSA) is 64.0 Å². The zero-order chi connectivity index (χ0) is 18.2. The molecule has 1 heterocycles. The van der Waals surface area contributed by atoms with Crippen LogP contribution in [0.2, 0.25) is 0 Å². The summed E-state index contributed by atoms with van der Waals surface area (Å²) in [5.74, 6) is -0.167. The lowest BCUT2D eigenvalue weighted by Gasteiger charge is -2.19. The van der Waals surface area contributed by atoms with Gasteiger partial charge in [-0.05, 0) is 11.6 Å². The van der Waals surface area contributed by atoms with E-state index in [4.69, 9.17) is 0 Å². The molecule has 0 fully saturated rings. The fourth-order valence-corrected chi connectivity index (χ4v) is 2.78. The number of carbonyl (C=O) groups is 2. The van der Waals surface area contributed by atoms with Gasteiger partial charge in [0.05, 0.1) is 12.6 Å². The van der Waals surface area contributed by atoms with Crippen molar-refractivity contribution >= 4 is 11.7 Å². The number of Topliss-reactive ketones (excluding diaryl/α,β-unsaturated/α-hetero) is 1. The van der Waals surface area contributed by atoms with Gasteiger partial charge in [-0.1, -0.05) is 60.7 Å². The van der Waals surface area contributed by atoms with Crippen molar-refractivity contribution in [2.24, 2.45) is 0 Å². The average molecular weight is 347 g/mol. The molecular formula is C21H21N3O2. The fourth-order valence-electron chi connectivity index (χ4n) is 2.78. The number of nitrogens with zero attached hydrogens (tertiary/aromatic N) is 2. The molecule has 5 heteroatoms. The molecule has 0 saturated carbocycles. The normalized spacial score (nSPS) is 11.7. The van der Waals surface area contributed by atoms with E-state index in [2.05, 4.69) is 10.4 Å². The first-order valence-corrected chi connectivity index (χ1v) is 8.62. The Morgan fingerprint density at radius 3 is 2.27 bits per heavy atom. The summed E-state index contributed by atoms with van der Waals surface area (Å²) >= 11 is 0. The second-order valence-electron chi connectivity index (χ2n) is 6.05. The van der Waals surface area contributed by atoms with E-state index in [0.29, 0.717) is 12.1 Å². The monoisotopic (exact) mass is 347 g/mol. The second-order valence-corrected chi connectivity index (χ2v) is 6.05. The maximum atomic E-state index is 12.4.